The van der Waals surface area contributed by atoms with E-state index in [1.807, 2.05) is 26.0 Å². The van der Waals surface area contributed by atoms with Crippen LogP contribution in [0.1, 0.15) is 16.8 Å². The smallest absolute Gasteiger partial charge is 0.294 e. The van der Waals surface area contributed by atoms with E-state index in [0.29, 0.717) is 11.4 Å². The summed E-state index contributed by atoms with van der Waals surface area (Å²) in [5, 5.41) is 2.28. The number of benzene rings is 1. The summed E-state index contributed by atoms with van der Waals surface area (Å²) in [5.74, 6) is -0.903. The Kier molecular flexibility index (Phi) is 5.18. The lowest BCUT2D eigenvalue weighted by Crippen LogP contribution is -2.36. The van der Waals surface area contributed by atoms with Crippen LogP contribution in [0.2, 0.25) is 0 Å². The fourth-order valence-corrected chi connectivity index (χ4v) is 3.34. The maximum atomic E-state index is 12.4. The average molecular weight is 367 g/mol. The van der Waals surface area contributed by atoms with Crippen LogP contribution in [0, 0.1) is 13.8 Å². The Bertz CT molecular complexity index is 910. The van der Waals surface area contributed by atoms with Crippen molar-refractivity contribution in [2.45, 2.75) is 13.8 Å². The van der Waals surface area contributed by atoms with Crippen LogP contribution in [0.4, 0.5) is 10.5 Å². The zero-order chi connectivity index (χ0) is 18.7. The van der Waals surface area contributed by atoms with Crippen LogP contribution < -0.4 is 5.32 Å². The second-order valence-electron chi connectivity index (χ2n) is 5.89. The van der Waals surface area contributed by atoms with Gasteiger partial charge in [0.1, 0.15) is 6.54 Å². The first-order chi connectivity index (χ1) is 12.4. The third-order valence-corrected chi connectivity index (χ3v) is 4.71. The lowest BCUT2D eigenvalue weighted by molar-refractivity contribution is -0.127. The topological polar surface area (TPSA) is 79.4 Å². The summed E-state index contributed by atoms with van der Waals surface area (Å²) in [5.41, 5.74) is 3.25. The van der Waals surface area contributed by atoms with Gasteiger partial charge >= 0.3 is 0 Å². The Balaban J connectivity index is 1.69. The Morgan fingerprint density at radius 2 is 2.04 bits per heavy atom. The van der Waals surface area contributed by atoms with Gasteiger partial charge in [0.15, 0.2) is 0 Å². The summed E-state index contributed by atoms with van der Waals surface area (Å²) in [6, 6.07) is 10.9. The van der Waals surface area contributed by atoms with Crippen LogP contribution in [0.15, 0.2) is 47.5 Å². The van der Waals surface area contributed by atoms with E-state index >= 15 is 0 Å². The molecule has 1 N–H and O–H groups in total. The van der Waals surface area contributed by atoms with Gasteiger partial charge in [-0.1, -0.05) is 23.8 Å². The van der Waals surface area contributed by atoms with Gasteiger partial charge in [-0.3, -0.25) is 24.3 Å². The molecule has 3 rings (SSSR count). The van der Waals surface area contributed by atoms with E-state index in [9.17, 15) is 14.4 Å². The van der Waals surface area contributed by atoms with Gasteiger partial charge in [-0.25, -0.2) is 0 Å². The molecule has 26 heavy (non-hydrogen) atoms. The van der Waals surface area contributed by atoms with Crippen LogP contribution in [-0.4, -0.2) is 33.5 Å². The maximum absolute atomic E-state index is 12.4. The van der Waals surface area contributed by atoms with Crippen LogP contribution in [0.25, 0.3) is 6.08 Å². The van der Waals surface area contributed by atoms with Crippen molar-refractivity contribution in [2.24, 2.45) is 0 Å². The van der Waals surface area contributed by atoms with E-state index in [2.05, 4.69) is 10.3 Å². The predicted molar refractivity (Wildman–Crippen MR) is 101 cm³/mol. The molecule has 1 aliphatic rings. The van der Waals surface area contributed by atoms with Gasteiger partial charge in [0, 0.05) is 11.9 Å². The number of nitrogens with zero attached hydrogens (tertiary/aromatic N) is 2. The molecule has 132 valence electrons. The van der Waals surface area contributed by atoms with Gasteiger partial charge in [-0.15, -0.1) is 0 Å². The predicted octanol–water partition coefficient (Wildman–Crippen LogP) is 3.37. The minimum absolute atomic E-state index is 0.257. The van der Waals surface area contributed by atoms with Crippen LogP contribution in [-0.2, 0) is 9.59 Å². The van der Waals surface area contributed by atoms with Crippen molar-refractivity contribution >= 4 is 40.6 Å². The summed E-state index contributed by atoms with van der Waals surface area (Å²) in [7, 11) is 0. The molecule has 0 radical (unpaired) electrons. The molecule has 7 heteroatoms. The Morgan fingerprint density at radius 1 is 1.23 bits per heavy atom. The number of aromatic nitrogens is 1. The van der Waals surface area contributed by atoms with Crippen LogP contribution >= 0.6 is 11.8 Å². The first kappa shape index (κ1) is 17.9. The fourth-order valence-electron chi connectivity index (χ4n) is 2.52. The summed E-state index contributed by atoms with van der Waals surface area (Å²) in [6.07, 6.45) is 3.15. The summed E-state index contributed by atoms with van der Waals surface area (Å²) in [4.78, 5) is 42.1. The van der Waals surface area contributed by atoms with Crippen molar-refractivity contribution in [3.05, 3.63) is 64.3 Å². The van der Waals surface area contributed by atoms with Crippen molar-refractivity contribution in [2.75, 3.05) is 11.9 Å². The molecule has 0 bridgehead atoms. The number of imide groups is 1. The number of nitrogens with one attached hydrogen (secondary N) is 1. The first-order valence-electron chi connectivity index (χ1n) is 7.97. The zero-order valence-corrected chi connectivity index (χ0v) is 15.2. The highest BCUT2D eigenvalue weighted by molar-refractivity contribution is 8.18. The molecule has 6 nitrogen and oxygen atoms in total. The van der Waals surface area contributed by atoms with Crippen molar-refractivity contribution in [1.29, 1.82) is 0 Å². The molecule has 0 atom stereocenters. The molecule has 2 aromatic rings. The van der Waals surface area contributed by atoms with Gasteiger partial charge in [0.2, 0.25) is 5.91 Å². The molecule has 3 amide bonds. The van der Waals surface area contributed by atoms with Gasteiger partial charge in [0.05, 0.1) is 10.6 Å². The average Bonchev–Trinajstić information content (AvgIpc) is 2.86. The summed E-state index contributed by atoms with van der Waals surface area (Å²) in [6.45, 7) is 3.53. The fraction of sp³-hybridized carbons (Fsp3) is 0.158. The summed E-state index contributed by atoms with van der Waals surface area (Å²) < 4.78 is 0. The molecule has 1 aromatic heterocycles. The first-order valence-corrected chi connectivity index (χ1v) is 8.79. The van der Waals surface area contributed by atoms with E-state index in [-0.39, 0.29) is 11.4 Å². The molecule has 0 saturated carbocycles. The monoisotopic (exact) mass is 367 g/mol. The molecule has 0 unspecified atom stereocenters. The number of hydrogen-bond acceptors (Lipinski definition) is 5. The van der Waals surface area contributed by atoms with Crippen LogP contribution in [0.5, 0.6) is 0 Å². The molecule has 1 aliphatic heterocycles. The second kappa shape index (κ2) is 7.53. The third-order valence-electron chi connectivity index (χ3n) is 3.80. The highest BCUT2D eigenvalue weighted by Crippen LogP contribution is 2.31. The van der Waals surface area contributed by atoms with Crippen molar-refractivity contribution < 1.29 is 14.4 Å². The van der Waals surface area contributed by atoms with E-state index in [0.717, 1.165) is 27.8 Å². The lowest BCUT2D eigenvalue weighted by Gasteiger charge is -2.13. The summed E-state index contributed by atoms with van der Waals surface area (Å²) >= 11 is 0.809. The molecule has 1 aromatic carbocycles. The van der Waals surface area contributed by atoms with Gasteiger partial charge in [0.25, 0.3) is 11.1 Å². The van der Waals surface area contributed by atoms with Crippen molar-refractivity contribution in [3.8, 4) is 0 Å². The van der Waals surface area contributed by atoms with Gasteiger partial charge in [-0.05, 0) is 55.4 Å². The number of carbonyl (C=O) groups excluding carboxylic acids is 3. The number of anilines is 1. The number of aryl methyl sites for hydroxylation is 2. The molecule has 1 saturated heterocycles. The van der Waals surface area contributed by atoms with E-state index < -0.39 is 17.1 Å². The normalized spacial score (nSPS) is 15.6. The standard InChI is InChI=1S/C19H17N3O3S/c1-12-6-7-15(13(2)9-12)21-17(23)11-22-18(24)16(26-19(22)25)10-14-5-3-4-8-20-14/h3-10H,11H2,1-2H3,(H,21,23)/b16-10-. The molecule has 1 fully saturated rings. The Morgan fingerprint density at radius 3 is 2.73 bits per heavy atom. The van der Waals surface area contributed by atoms with Crippen molar-refractivity contribution in [1.82, 2.24) is 9.88 Å². The van der Waals surface area contributed by atoms with Crippen LogP contribution in [0.3, 0.4) is 0 Å². The minimum Gasteiger partial charge on any atom is -0.324 e. The van der Waals surface area contributed by atoms with Gasteiger partial charge < -0.3 is 5.32 Å². The van der Waals surface area contributed by atoms with E-state index in [1.165, 1.54) is 0 Å². The third kappa shape index (κ3) is 4.00. The Labute approximate surface area is 155 Å². The molecule has 0 spiro atoms. The maximum Gasteiger partial charge on any atom is 0.294 e. The number of amides is 3. The second-order valence-corrected chi connectivity index (χ2v) is 6.88. The van der Waals surface area contributed by atoms with Crippen molar-refractivity contribution in [3.63, 3.8) is 0 Å². The molecular weight excluding hydrogens is 350 g/mol. The minimum atomic E-state index is -0.485. The lowest BCUT2D eigenvalue weighted by atomic mass is 10.1. The Hall–Kier alpha value is -2.93. The van der Waals surface area contributed by atoms with E-state index in [1.54, 1.807) is 36.5 Å². The number of hydrogen-bond donors (Lipinski definition) is 1. The zero-order valence-electron chi connectivity index (χ0n) is 14.4. The largest absolute Gasteiger partial charge is 0.324 e. The highest BCUT2D eigenvalue weighted by Gasteiger charge is 2.36. The molecular formula is C19H17N3O3S. The highest BCUT2D eigenvalue weighted by atomic mass is 32.2. The van der Waals surface area contributed by atoms with Gasteiger partial charge in [-0.2, -0.15) is 0 Å². The number of thioether (sulfide) groups is 1. The number of rotatable bonds is 4. The quantitative estimate of drug-likeness (QED) is 0.838. The number of pyridine rings is 1. The SMILES string of the molecule is Cc1ccc(NC(=O)CN2C(=O)S/C(=C\c3ccccn3)C2=O)c(C)c1. The molecule has 0 aliphatic carbocycles. The van der Waals surface area contributed by atoms with E-state index in [4.69, 9.17) is 0 Å². The molecule has 2 heterocycles. The number of carbonyl (C=O) groups is 3.